The predicted molar refractivity (Wildman–Crippen MR) is 130 cm³/mol. The normalized spacial score (nSPS) is 11.3. The molecule has 0 spiro atoms. The number of nitriles is 1. The molecule has 0 amide bonds. The molecule has 3 rings (SSSR count). The van der Waals surface area contributed by atoms with Crippen LogP contribution < -0.4 is 0 Å². The number of hydrogen-bond acceptors (Lipinski definition) is 4. The molecule has 0 aliphatic carbocycles. The van der Waals surface area contributed by atoms with E-state index in [4.69, 9.17) is 10.4 Å². The third-order valence-electron chi connectivity index (χ3n) is 5.53. The van der Waals surface area contributed by atoms with Crippen LogP contribution in [0.25, 0.3) is 0 Å². The van der Waals surface area contributed by atoms with Crippen molar-refractivity contribution in [1.29, 1.82) is 5.26 Å². The zero-order valence-corrected chi connectivity index (χ0v) is 20.0. The monoisotopic (exact) mass is 476 g/mol. The third-order valence-corrected chi connectivity index (χ3v) is 7.33. The van der Waals surface area contributed by atoms with Gasteiger partial charge in [0.05, 0.1) is 22.9 Å². The molecule has 0 aliphatic rings. The Labute approximate surface area is 201 Å². The van der Waals surface area contributed by atoms with Gasteiger partial charge in [0.1, 0.15) is 0 Å². The molecule has 1 N–H and O–H groups in total. The maximum absolute atomic E-state index is 13.6. The Morgan fingerprint density at radius 3 is 2.15 bits per heavy atom. The number of sulfonamides is 1. The number of carboxylic acids is 1. The molecule has 3 aromatic rings. The van der Waals surface area contributed by atoms with Crippen molar-refractivity contribution < 1.29 is 18.3 Å². The SMILES string of the molecule is CCCCc1ccc(CN(Cc2cccc(CC(=O)O)c2)S(=O)(=O)c2ccc(C#N)cc2)cc1. The number of nitrogens with zero attached hydrogens (tertiary/aromatic N) is 2. The van der Waals surface area contributed by atoms with E-state index in [0.717, 1.165) is 24.8 Å². The summed E-state index contributed by atoms with van der Waals surface area (Å²) in [6.45, 7) is 2.40. The molecular weight excluding hydrogens is 448 g/mol. The van der Waals surface area contributed by atoms with Gasteiger partial charge in [-0.2, -0.15) is 9.57 Å². The zero-order valence-electron chi connectivity index (χ0n) is 19.1. The fraction of sp³-hybridized carbons (Fsp3) is 0.259. The highest BCUT2D eigenvalue weighted by molar-refractivity contribution is 7.89. The van der Waals surface area contributed by atoms with Crippen LogP contribution >= 0.6 is 0 Å². The Kier molecular flexibility index (Phi) is 8.58. The van der Waals surface area contributed by atoms with Gasteiger partial charge >= 0.3 is 5.97 Å². The number of benzene rings is 3. The first-order chi connectivity index (χ1) is 16.3. The number of unbranched alkanes of at least 4 members (excludes halogenated alkanes) is 1. The van der Waals surface area contributed by atoms with Gasteiger partial charge in [0.2, 0.25) is 10.0 Å². The lowest BCUT2D eigenvalue weighted by Gasteiger charge is -2.23. The summed E-state index contributed by atoms with van der Waals surface area (Å²) in [6, 6.07) is 22.8. The summed E-state index contributed by atoms with van der Waals surface area (Å²) in [7, 11) is -3.88. The minimum absolute atomic E-state index is 0.0907. The van der Waals surface area contributed by atoms with E-state index < -0.39 is 16.0 Å². The molecule has 6 nitrogen and oxygen atoms in total. The fourth-order valence-electron chi connectivity index (χ4n) is 3.69. The summed E-state index contributed by atoms with van der Waals surface area (Å²) in [5.41, 5.74) is 3.78. The Morgan fingerprint density at radius 1 is 0.912 bits per heavy atom. The summed E-state index contributed by atoms with van der Waals surface area (Å²) in [4.78, 5) is 11.2. The van der Waals surface area contributed by atoms with Gasteiger partial charge in [-0.15, -0.1) is 0 Å². The van der Waals surface area contributed by atoms with E-state index in [1.165, 1.54) is 34.1 Å². The second-order valence-electron chi connectivity index (χ2n) is 8.22. The van der Waals surface area contributed by atoms with E-state index in [1.54, 1.807) is 24.3 Å². The van der Waals surface area contributed by atoms with Crippen molar-refractivity contribution in [3.05, 3.63) is 101 Å². The zero-order chi connectivity index (χ0) is 24.6. The van der Waals surface area contributed by atoms with Crippen molar-refractivity contribution in [1.82, 2.24) is 4.31 Å². The lowest BCUT2D eigenvalue weighted by molar-refractivity contribution is -0.136. The summed E-state index contributed by atoms with van der Waals surface area (Å²) < 4.78 is 28.5. The Bertz CT molecular complexity index is 1260. The van der Waals surface area contributed by atoms with Gasteiger partial charge in [-0.25, -0.2) is 8.42 Å². The number of aryl methyl sites for hydroxylation is 1. The average molecular weight is 477 g/mol. The Hall–Kier alpha value is -3.47. The van der Waals surface area contributed by atoms with Crippen LogP contribution in [0.1, 0.15) is 47.6 Å². The van der Waals surface area contributed by atoms with Gasteiger partial charge in [-0.05, 0) is 59.4 Å². The van der Waals surface area contributed by atoms with Crippen LogP contribution in [0.5, 0.6) is 0 Å². The van der Waals surface area contributed by atoms with Crippen LogP contribution in [0.4, 0.5) is 0 Å². The van der Waals surface area contributed by atoms with Crippen LogP contribution in [0, 0.1) is 11.3 Å². The topological polar surface area (TPSA) is 98.5 Å². The second kappa shape index (κ2) is 11.6. The van der Waals surface area contributed by atoms with Gasteiger partial charge in [0, 0.05) is 13.1 Å². The first kappa shape index (κ1) is 25.2. The van der Waals surface area contributed by atoms with E-state index in [1.807, 2.05) is 30.3 Å². The number of carbonyl (C=O) groups is 1. The lowest BCUT2D eigenvalue weighted by Crippen LogP contribution is -2.30. The van der Waals surface area contributed by atoms with Crippen LogP contribution in [0.2, 0.25) is 0 Å². The Morgan fingerprint density at radius 2 is 1.53 bits per heavy atom. The first-order valence-corrected chi connectivity index (χ1v) is 12.6. The largest absolute Gasteiger partial charge is 0.481 e. The molecular formula is C27H28N2O4S. The number of hydrogen-bond donors (Lipinski definition) is 1. The maximum Gasteiger partial charge on any atom is 0.307 e. The number of aliphatic carboxylic acids is 1. The molecule has 0 saturated carbocycles. The summed E-state index contributed by atoms with van der Waals surface area (Å²) >= 11 is 0. The van der Waals surface area contributed by atoms with Crippen molar-refractivity contribution in [2.75, 3.05) is 0 Å². The van der Waals surface area contributed by atoms with E-state index >= 15 is 0 Å². The van der Waals surface area contributed by atoms with Gasteiger partial charge in [0.15, 0.2) is 0 Å². The fourth-order valence-corrected chi connectivity index (χ4v) is 5.10. The standard InChI is InChI=1S/C27H28N2O4S/c1-2-3-5-21-8-10-23(11-9-21)19-29(20-25-7-4-6-24(16-25)17-27(30)31)34(32,33)26-14-12-22(18-28)13-15-26/h4,6-16H,2-3,5,17,19-20H2,1H3,(H,30,31). The van der Waals surface area contributed by atoms with Gasteiger partial charge in [-0.1, -0.05) is 61.9 Å². The highest BCUT2D eigenvalue weighted by atomic mass is 32.2. The third kappa shape index (κ3) is 6.77. The van der Waals surface area contributed by atoms with Crippen LogP contribution in [0.3, 0.4) is 0 Å². The molecule has 0 bridgehead atoms. The minimum Gasteiger partial charge on any atom is -0.481 e. The number of rotatable bonds is 11. The van der Waals surface area contributed by atoms with E-state index in [2.05, 4.69) is 6.92 Å². The van der Waals surface area contributed by atoms with E-state index in [0.29, 0.717) is 16.7 Å². The second-order valence-corrected chi connectivity index (χ2v) is 10.2. The quantitative estimate of drug-likeness (QED) is 0.424. The molecule has 3 aromatic carbocycles. The van der Waals surface area contributed by atoms with Gasteiger partial charge in [-0.3, -0.25) is 4.79 Å². The molecule has 0 heterocycles. The summed E-state index contributed by atoms with van der Waals surface area (Å²) in [5.74, 6) is -0.942. The van der Waals surface area contributed by atoms with Crippen LogP contribution in [-0.2, 0) is 40.7 Å². The summed E-state index contributed by atoms with van der Waals surface area (Å²) in [5, 5.41) is 18.1. The molecule has 7 heteroatoms. The van der Waals surface area contributed by atoms with Crippen molar-refractivity contribution in [3.8, 4) is 6.07 Å². The van der Waals surface area contributed by atoms with Crippen molar-refractivity contribution >= 4 is 16.0 Å². The predicted octanol–water partition coefficient (Wildman–Crippen LogP) is 4.92. The molecule has 0 unspecified atom stereocenters. The van der Waals surface area contributed by atoms with Crippen molar-refractivity contribution in [2.24, 2.45) is 0 Å². The highest BCUT2D eigenvalue weighted by Gasteiger charge is 2.25. The van der Waals surface area contributed by atoms with Gasteiger partial charge in [0.25, 0.3) is 0 Å². The molecule has 34 heavy (non-hydrogen) atoms. The highest BCUT2D eigenvalue weighted by Crippen LogP contribution is 2.23. The smallest absolute Gasteiger partial charge is 0.307 e. The Balaban J connectivity index is 1.92. The van der Waals surface area contributed by atoms with E-state index in [9.17, 15) is 13.2 Å². The lowest BCUT2D eigenvalue weighted by atomic mass is 10.1. The van der Waals surface area contributed by atoms with Gasteiger partial charge < -0.3 is 5.11 Å². The summed E-state index contributed by atoms with van der Waals surface area (Å²) in [6.07, 6.45) is 3.07. The number of carboxylic acid groups (broad SMARTS) is 1. The molecule has 0 aliphatic heterocycles. The molecule has 0 radical (unpaired) electrons. The minimum atomic E-state index is -3.88. The molecule has 0 saturated heterocycles. The first-order valence-electron chi connectivity index (χ1n) is 11.2. The van der Waals surface area contributed by atoms with E-state index in [-0.39, 0.29) is 24.4 Å². The molecule has 0 fully saturated rings. The molecule has 0 atom stereocenters. The molecule has 0 aromatic heterocycles. The average Bonchev–Trinajstić information content (AvgIpc) is 2.83. The van der Waals surface area contributed by atoms with Crippen molar-refractivity contribution in [3.63, 3.8) is 0 Å². The maximum atomic E-state index is 13.6. The molecule has 176 valence electrons. The van der Waals surface area contributed by atoms with Crippen LogP contribution in [-0.4, -0.2) is 23.8 Å². The van der Waals surface area contributed by atoms with Crippen LogP contribution in [0.15, 0.2) is 77.7 Å². The van der Waals surface area contributed by atoms with Crippen molar-refractivity contribution in [2.45, 2.75) is 50.6 Å².